The van der Waals surface area contributed by atoms with Crippen LogP contribution in [0.5, 0.6) is 5.75 Å². The molecule has 2 heterocycles. The van der Waals surface area contributed by atoms with Crippen LogP contribution < -0.4 is 10.1 Å². The SMILES string of the molecule is CC(C)(Oc1ccc(F)cc1)C(=O)N1CCC(N2CCNCC2)C1. The summed E-state index contributed by atoms with van der Waals surface area (Å²) in [6.45, 7) is 9.20. The van der Waals surface area contributed by atoms with Crippen LogP contribution in [0.15, 0.2) is 24.3 Å². The van der Waals surface area contributed by atoms with Gasteiger partial charge in [-0.25, -0.2) is 4.39 Å². The van der Waals surface area contributed by atoms with Gasteiger partial charge >= 0.3 is 0 Å². The van der Waals surface area contributed by atoms with Crippen molar-refractivity contribution in [3.63, 3.8) is 0 Å². The van der Waals surface area contributed by atoms with Crippen molar-refractivity contribution >= 4 is 5.91 Å². The molecule has 1 N–H and O–H groups in total. The van der Waals surface area contributed by atoms with Crippen molar-refractivity contribution in [3.8, 4) is 5.75 Å². The summed E-state index contributed by atoms with van der Waals surface area (Å²) in [5.41, 5.74) is -0.962. The number of hydrogen-bond acceptors (Lipinski definition) is 4. The predicted molar refractivity (Wildman–Crippen MR) is 90.5 cm³/mol. The number of halogens is 1. The average Bonchev–Trinajstić information content (AvgIpc) is 3.07. The number of carbonyl (C=O) groups is 1. The minimum Gasteiger partial charge on any atom is -0.478 e. The summed E-state index contributed by atoms with van der Waals surface area (Å²) in [7, 11) is 0. The molecular formula is C18H26FN3O2. The van der Waals surface area contributed by atoms with Gasteiger partial charge < -0.3 is 15.0 Å². The maximum absolute atomic E-state index is 13.0. The van der Waals surface area contributed by atoms with E-state index in [9.17, 15) is 9.18 Å². The summed E-state index contributed by atoms with van der Waals surface area (Å²) in [5.74, 6) is 0.182. The van der Waals surface area contributed by atoms with E-state index >= 15 is 0 Å². The van der Waals surface area contributed by atoms with Crippen molar-refractivity contribution in [2.75, 3.05) is 39.3 Å². The molecule has 2 fully saturated rings. The number of carbonyl (C=O) groups excluding carboxylic acids is 1. The van der Waals surface area contributed by atoms with Crippen molar-refractivity contribution in [3.05, 3.63) is 30.1 Å². The van der Waals surface area contributed by atoms with Gasteiger partial charge in [0.2, 0.25) is 0 Å². The Morgan fingerprint density at radius 1 is 1.21 bits per heavy atom. The van der Waals surface area contributed by atoms with Gasteiger partial charge in [0.15, 0.2) is 5.60 Å². The lowest BCUT2D eigenvalue weighted by Crippen LogP contribution is -2.51. The van der Waals surface area contributed by atoms with Gasteiger partial charge in [-0.05, 0) is 44.5 Å². The second-order valence-corrected chi connectivity index (χ2v) is 7.05. The molecule has 2 aliphatic rings. The van der Waals surface area contributed by atoms with Gasteiger partial charge in [0, 0.05) is 45.3 Å². The highest BCUT2D eigenvalue weighted by molar-refractivity contribution is 5.85. The first-order valence-electron chi connectivity index (χ1n) is 8.64. The van der Waals surface area contributed by atoms with Crippen molar-refractivity contribution in [1.29, 1.82) is 0 Å². The molecule has 1 aromatic carbocycles. The van der Waals surface area contributed by atoms with Crippen LogP contribution >= 0.6 is 0 Å². The topological polar surface area (TPSA) is 44.8 Å². The summed E-state index contributed by atoms with van der Waals surface area (Å²) < 4.78 is 18.8. The first kappa shape index (κ1) is 17.2. The van der Waals surface area contributed by atoms with Gasteiger partial charge in [0.1, 0.15) is 11.6 Å². The summed E-state index contributed by atoms with van der Waals surface area (Å²) in [6, 6.07) is 6.23. The van der Waals surface area contributed by atoms with E-state index in [1.807, 2.05) is 4.90 Å². The zero-order valence-electron chi connectivity index (χ0n) is 14.4. The van der Waals surface area contributed by atoms with E-state index in [1.54, 1.807) is 26.0 Å². The lowest BCUT2D eigenvalue weighted by atomic mass is 10.1. The third-order valence-corrected chi connectivity index (χ3v) is 4.82. The van der Waals surface area contributed by atoms with Crippen molar-refractivity contribution in [2.24, 2.45) is 0 Å². The van der Waals surface area contributed by atoms with E-state index in [0.29, 0.717) is 11.8 Å². The van der Waals surface area contributed by atoms with Gasteiger partial charge in [-0.1, -0.05) is 0 Å². The molecule has 24 heavy (non-hydrogen) atoms. The first-order chi connectivity index (χ1) is 11.5. The van der Waals surface area contributed by atoms with Crippen molar-refractivity contribution in [2.45, 2.75) is 31.9 Å². The predicted octanol–water partition coefficient (Wildman–Crippen LogP) is 1.49. The molecule has 2 aliphatic heterocycles. The normalized spacial score (nSPS) is 22.6. The molecule has 5 nitrogen and oxygen atoms in total. The zero-order valence-corrected chi connectivity index (χ0v) is 14.4. The second kappa shape index (κ2) is 7.07. The molecule has 1 atom stereocenters. The lowest BCUT2D eigenvalue weighted by molar-refractivity contribution is -0.144. The van der Waals surface area contributed by atoms with Crippen LogP contribution in [0, 0.1) is 5.82 Å². The molecule has 2 saturated heterocycles. The Bertz CT molecular complexity index is 570. The lowest BCUT2D eigenvalue weighted by Gasteiger charge is -2.33. The molecule has 0 bridgehead atoms. The standard InChI is InChI=1S/C18H26FN3O2/c1-18(2,24-16-5-3-14(19)4-6-16)17(23)22-10-7-15(13-22)21-11-8-20-9-12-21/h3-6,15,20H,7-13H2,1-2H3. The Morgan fingerprint density at radius 3 is 2.54 bits per heavy atom. The molecule has 0 saturated carbocycles. The molecular weight excluding hydrogens is 309 g/mol. The van der Waals surface area contributed by atoms with Gasteiger partial charge in [0.05, 0.1) is 0 Å². The van der Waals surface area contributed by atoms with Gasteiger partial charge in [-0.2, -0.15) is 0 Å². The van der Waals surface area contributed by atoms with Crippen LogP contribution in [0.25, 0.3) is 0 Å². The Hall–Kier alpha value is -1.66. The third kappa shape index (κ3) is 3.87. The number of amides is 1. The monoisotopic (exact) mass is 335 g/mol. The number of ether oxygens (including phenoxy) is 1. The molecule has 0 aliphatic carbocycles. The number of nitrogens with one attached hydrogen (secondary N) is 1. The Kier molecular flexibility index (Phi) is 5.06. The molecule has 6 heteroatoms. The fourth-order valence-corrected chi connectivity index (χ4v) is 3.49. The fraction of sp³-hybridized carbons (Fsp3) is 0.611. The van der Waals surface area contributed by atoms with Crippen LogP contribution in [0.1, 0.15) is 20.3 Å². The van der Waals surface area contributed by atoms with E-state index < -0.39 is 5.60 Å². The van der Waals surface area contributed by atoms with Crippen LogP contribution in [0.4, 0.5) is 4.39 Å². The van der Waals surface area contributed by atoms with Gasteiger partial charge in [-0.15, -0.1) is 0 Å². The van der Waals surface area contributed by atoms with E-state index in [2.05, 4.69) is 10.2 Å². The Morgan fingerprint density at radius 2 is 1.88 bits per heavy atom. The highest BCUT2D eigenvalue weighted by Gasteiger charge is 2.39. The maximum atomic E-state index is 13.0. The fourth-order valence-electron chi connectivity index (χ4n) is 3.49. The molecule has 3 rings (SSSR count). The third-order valence-electron chi connectivity index (χ3n) is 4.82. The van der Waals surface area contributed by atoms with Crippen LogP contribution in [-0.2, 0) is 4.79 Å². The summed E-state index contributed by atoms with van der Waals surface area (Å²) >= 11 is 0. The van der Waals surface area contributed by atoms with Gasteiger partial charge in [0.25, 0.3) is 5.91 Å². The van der Waals surface area contributed by atoms with Crippen molar-refractivity contribution < 1.29 is 13.9 Å². The number of likely N-dealkylation sites (tertiary alicyclic amines) is 1. The minimum absolute atomic E-state index is 0.00976. The smallest absolute Gasteiger partial charge is 0.266 e. The van der Waals surface area contributed by atoms with Crippen LogP contribution in [-0.4, -0.2) is 66.6 Å². The number of hydrogen-bond donors (Lipinski definition) is 1. The molecule has 0 radical (unpaired) electrons. The number of nitrogens with zero attached hydrogens (tertiary/aromatic N) is 2. The van der Waals surface area contributed by atoms with Crippen LogP contribution in [0.2, 0.25) is 0 Å². The minimum atomic E-state index is -0.962. The summed E-state index contributed by atoms with van der Waals surface area (Å²) in [4.78, 5) is 17.2. The van der Waals surface area contributed by atoms with Crippen molar-refractivity contribution in [1.82, 2.24) is 15.1 Å². The number of rotatable bonds is 4. The van der Waals surface area contributed by atoms with E-state index in [-0.39, 0.29) is 11.7 Å². The summed E-state index contributed by atoms with van der Waals surface area (Å²) in [6.07, 6.45) is 1.01. The summed E-state index contributed by atoms with van der Waals surface area (Å²) in [5, 5.41) is 3.36. The largest absolute Gasteiger partial charge is 0.478 e. The zero-order chi connectivity index (χ0) is 17.2. The van der Waals surface area contributed by atoms with E-state index in [0.717, 1.165) is 45.7 Å². The molecule has 1 unspecified atom stereocenters. The quantitative estimate of drug-likeness (QED) is 0.905. The molecule has 1 amide bonds. The highest BCUT2D eigenvalue weighted by Crippen LogP contribution is 2.24. The Labute approximate surface area is 142 Å². The molecule has 0 aromatic heterocycles. The second-order valence-electron chi connectivity index (χ2n) is 7.05. The molecule has 0 spiro atoms. The first-order valence-corrected chi connectivity index (χ1v) is 8.64. The van der Waals surface area contributed by atoms with Gasteiger partial charge in [-0.3, -0.25) is 9.69 Å². The maximum Gasteiger partial charge on any atom is 0.266 e. The van der Waals surface area contributed by atoms with E-state index in [4.69, 9.17) is 4.74 Å². The number of benzene rings is 1. The molecule has 1 aromatic rings. The molecule has 132 valence electrons. The number of piperazine rings is 1. The Balaban J connectivity index is 1.59. The van der Waals surface area contributed by atoms with E-state index in [1.165, 1.54) is 12.1 Å². The van der Waals surface area contributed by atoms with Crippen LogP contribution in [0.3, 0.4) is 0 Å². The average molecular weight is 335 g/mol. The highest BCUT2D eigenvalue weighted by atomic mass is 19.1.